The lowest BCUT2D eigenvalue weighted by atomic mass is 10.3. The van der Waals surface area contributed by atoms with Gasteiger partial charge in [0.05, 0.1) is 17.3 Å². The minimum Gasteiger partial charge on any atom is -0.395 e. The van der Waals surface area contributed by atoms with E-state index in [1.54, 1.807) is 0 Å². The fourth-order valence-electron chi connectivity index (χ4n) is 0.923. The van der Waals surface area contributed by atoms with Crippen LogP contribution >= 0.6 is 11.6 Å². The molecule has 1 aromatic rings. The van der Waals surface area contributed by atoms with E-state index in [1.807, 2.05) is 0 Å². The number of benzene rings is 1. The van der Waals surface area contributed by atoms with Crippen LogP contribution in [-0.4, -0.2) is 25.4 Å². The molecule has 0 aliphatic heterocycles. The second-order valence-electron chi connectivity index (χ2n) is 3.27. The first-order valence-electron chi connectivity index (χ1n) is 4.44. The van der Waals surface area contributed by atoms with Crippen molar-refractivity contribution in [1.82, 2.24) is 0 Å². The first-order valence-corrected chi connectivity index (χ1v) is 6.37. The van der Waals surface area contributed by atoms with Gasteiger partial charge in [0.2, 0.25) is 10.0 Å². The van der Waals surface area contributed by atoms with Crippen molar-refractivity contribution in [3.63, 3.8) is 0 Å². The number of aliphatic hydroxyl groups is 1. The predicted octanol–water partition coefficient (Wildman–Crippen LogP) is 1.60. The number of anilines is 1. The first kappa shape index (κ1) is 13.2. The molecule has 0 spiro atoms. The van der Waals surface area contributed by atoms with Crippen molar-refractivity contribution >= 4 is 27.3 Å². The highest BCUT2D eigenvalue weighted by atomic mass is 35.5. The molecule has 16 heavy (non-hydrogen) atoms. The van der Waals surface area contributed by atoms with Gasteiger partial charge in [-0.05, 0) is 25.1 Å². The van der Waals surface area contributed by atoms with Crippen molar-refractivity contribution in [2.45, 2.75) is 12.2 Å². The minimum absolute atomic E-state index is 0.0715. The summed E-state index contributed by atoms with van der Waals surface area (Å²) in [7, 11) is -3.70. The average molecular weight is 268 g/mol. The van der Waals surface area contributed by atoms with Crippen LogP contribution < -0.4 is 4.72 Å². The summed E-state index contributed by atoms with van der Waals surface area (Å²) in [6.07, 6.45) is 0. The molecule has 0 amide bonds. The largest absolute Gasteiger partial charge is 0.395 e. The molecule has 7 heteroatoms. The van der Waals surface area contributed by atoms with Crippen molar-refractivity contribution in [1.29, 1.82) is 0 Å². The molecule has 0 aliphatic carbocycles. The molecule has 0 heterocycles. The summed E-state index contributed by atoms with van der Waals surface area (Å²) in [5.41, 5.74) is 0.0715. The van der Waals surface area contributed by atoms with Crippen molar-refractivity contribution in [3.05, 3.63) is 29.0 Å². The standard InChI is InChI=1S/C9H11ClFNO3S/c1-6(5-13)16(14,15)12-7-2-3-8(10)9(11)4-7/h2-4,6,12-13H,5H2,1H3. The van der Waals surface area contributed by atoms with Gasteiger partial charge >= 0.3 is 0 Å². The van der Waals surface area contributed by atoms with Crippen molar-refractivity contribution < 1.29 is 17.9 Å². The van der Waals surface area contributed by atoms with E-state index in [1.165, 1.54) is 19.1 Å². The van der Waals surface area contributed by atoms with Gasteiger partial charge < -0.3 is 5.11 Å². The highest BCUT2D eigenvalue weighted by Gasteiger charge is 2.19. The van der Waals surface area contributed by atoms with E-state index in [-0.39, 0.29) is 10.7 Å². The van der Waals surface area contributed by atoms with Gasteiger partial charge in [0.25, 0.3) is 0 Å². The molecule has 0 saturated heterocycles. The van der Waals surface area contributed by atoms with E-state index in [4.69, 9.17) is 16.7 Å². The van der Waals surface area contributed by atoms with Crippen LogP contribution in [0.3, 0.4) is 0 Å². The quantitative estimate of drug-likeness (QED) is 0.871. The number of rotatable bonds is 4. The van der Waals surface area contributed by atoms with Gasteiger partial charge in [0, 0.05) is 0 Å². The third-order valence-corrected chi connectivity index (χ3v) is 4.00. The third kappa shape index (κ3) is 3.07. The van der Waals surface area contributed by atoms with Crippen molar-refractivity contribution in [2.75, 3.05) is 11.3 Å². The maximum Gasteiger partial charge on any atom is 0.237 e. The fourth-order valence-corrected chi connectivity index (χ4v) is 1.89. The number of nitrogens with one attached hydrogen (secondary N) is 1. The molecule has 0 fully saturated rings. The van der Waals surface area contributed by atoms with Crippen LogP contribution in [0, 0.1) is 5.82 Å². The highest BCUT2D eigenvalue weighted by molar-refractivity contribution is 7.93. The summed E-state index contributed by atoms with van der Waals surface area (Å²) >= 11 is 5.45. The van der Waals surface area contributed by atoms with Gasteiger partial charge in [-0.1, -0.05) is 11.6 Å². The third-order valence-electron chi connectivity index (χ3n) is 1.97. The molecule has 0 aromatic heterocycles. The Balaban J connectivity index is 2.93. The molecule has 0 aliphatic rings. The molecule has 1 rings (SSSR count). The second-order valence-corrected chi connectivity index (χ2v) is 5.78. The van der Waals surface area contributed by atoms with Crippen LogP contribution in [0.2, 0.25) is 5.02 Å². The lowest BCUT2D eigenvalue weighted by molar-refractivity contribution is 0.296. The molecule has 0 saturated carbocycles. The van der Waals surface area contributed by atoms with Crippen LogP contribution in [0.15, 0.2) is 18.2 Å². The number of aliphatic hydroxyl groups excluding tert-OH is 1. The van der Waals surface area contributed by atoms with Gasteiger partial charge in [-0.3, -0.25) is 4.72 Å². The first-order chi connectivity index (χ1) is 7.36. The minimum atomic E-state index is -3.70. The topological polar surface area (TPSA) is 66.4 Å². The maximum absolute atomic E-state index is 13.0. The zero-order valence-corrected chi connectivity index (χ0v) is 10.0. The number of sulfonamides is 1. The van der Waals surface area contributed by atoms with Gasteiger partial charge in [-0.2, -0.15) is 0 Å². The molecule has 4 nitrogen and oxygen atoms in total. The lowest BCUT2D eigenvalue weighted by Gasteiger charge is -2.12. The fraction of sp³-hybridized carbons (Fsp3) is 0.333. The van der Waals surface area contributed by atoms with Crippen LogP contribution in [-0.2, 0) is 10.0 Å². The Morgan fingerprint density at radius 2 is 2.19 bits per heavy atom. The Hall–Kier alpha value is -0.850. The Bertz CT molecular complexity index is 478. The van der Waals surface area contributed by atoms with Crippen LogP contribution in [0.25, 0.3) is 0 Å². The van der Waals surface area contributed by atoms with Gasteiger partial charge in [-0.25, -0.2) is 12.8 Å². The Morgan fingerprint density at radius 1 is 1.56 bits per heavy atom. The summed E-state index contributed by atoms with van der Waals surface area (Å²) in [5, 5.41) is 7.68. The zero-order valence-electron chi connectivity index (χ0n) is 8.44. The summed E-state index contributed by atoms with van der Waals surface area (Å²) in [6.45, 7) is 0.833. The summed E-state index contributed by atoms with van der Waals surface area (Å²) in [4.78, 5) is 0. The van der Waals surface area contributed by atoms with Crippen LogP contribution in [0.4, 0.5) is 10.1 Å². The Morgan fingerprint density at radius 3 is 2.69 bits per heavy atom. The highest BCUT2D eigenvalue weighted by Crippen LogP contribution is 2.20. The predicted molar refractivity (Wildman–Crippen MR) is 60.5 cm³/mol. The Kier molecular flexibility index (Phi) is 4.12. The zero-order chi connectivity index (χ0) is 12.3. The van der Waals surface area contributed by atoms with E-state index in [0.717, 1.165) is 6.07 Å². The van der Waals surface area contributed by atoms with Gasteiger partial charge in [-0.15, -0.1) is 0 Å². The molecule has 0 radical (unpaired) electrons. The van der Waals surface area contributed by atoms with Crippen LogP contribution in [0.5, 0.6) is 0 Å². The maximum atomic E-state index is 13.0. The molecule has 90 valence electrons. The second kappa shape index (κ2) is 4.99. The molecule has 0 bridgehead atoms. The summed E-state index contributed by atoms with van der Waals surface area (Å²) < 4.78 is 38.2. The molecule has 1 unspecified atom stereocenters. The van der Waals surface area contributed by atoms with E-state index >= 15 is 0 Å². The average Bonchev–Trinajstić information content (AvgIpc) is 2.22. The van der Waals surface area contributed by atoms with Crippen molar-refractivity contribution in [2.24, 2.45) is 0 Å². The van der Waals surface area contributed by atoms with E-state index in [0.29, 0.717) is 0 Å². The molecule has 2 N–H and O–H groups in total. The van der Waals surface area contributed by atoms with Gasteiger partial charge in [0.1, 0.15) is 11.1 Å². The number of halogens is 2. The molecular weight excluding hydrogens is 257 g/mol. The lowest BCUT2D eigenvalue weighted by Crippen LogP contribution is -2.28. The SMILES string of the molecule is CC(CO)S(=O)(=O)Nc1ccc(Cl)c(F)c1. The van der Waals surface area contributed by atoms with E-state index in [2.05, 4.69) is 4.72 Å². The molecular formula is C9H11ClFNO3S. The van der Waals surface area contributed by atoms with Crippen LogP contribution in [0.1, 0.15) is 6.92 Å². The molecule has 1 aromatic carbocycles. The van der Waals surface area contributed by atoms with Gasteiger partial charge in [0.15, 0.2) is 0 Å². The molecule has 1 atom stereocenters. The van der Waals surface area contributed by atoms with Crippen molar-refractivity contribution in [3.8, 4) is 0 Å². The number of hydrogen-bond acceptors (Lipinski definition) is 3. The monoisotopic (exact) mass is 267 g/mol. The Labute approximate surface area is 98.1 Å². The van der Waals surface area contributed by atoms with E-state index < -0.39 is 27.7 Å². The number of hydrogen-bond donors (Lipinski definition) is 2. The van der Waals surface area contributed by atoms with E-state index in [9.17, 15) is 12.8 Å². The smallest absolute Gasteiger partial charge is 0.237 e. The summed E-state index contributed by atoms with van der Waals surface area (Å²) in [5.74, 6) is -0.710. The summed E-state index contributed by atoms with van der Waals surface area (Å²) in [6, 6.07) is 3.56. The normalized spacial score (nSPS) is 13.5.